The normalized spacial score (nSPS) is 14.2. The molecular weight excluding hydrogens is 298 g/mol. The molecule has 0 aromatic carbocycles. The van der Waals surface area contributed by atoms with E-state index in [2.05, 4.69) is 13.0 Å². The first-order valence-corrected chi connectivity index (χ1v) is 10.5. The molecule has 0 saturated heterocycles. The van der Waals surface area contributed by atoms with E-state index in [0.717, 1.165) is 6.42 Å². The first-order valence-electron chi connectivity index (χ1n) is 10.5. The van der Waals surface area contributed by atoms with Crippen molar-refractivity contribution < 1.29 is 10.2 Å². The van der Waals surface area contributed by atoms with E-state index in [-0.39, 0.29) is 0 Å². The van der Waals surface area contributed by atoms with Crippen LogP contribution < -0.4 is 0 Å². The van der Waals surface area contributed by atoms with Crippen molar-refractivity contribution in [3.8, 4) is 0 Å². The number of hydrogen-bond donors (Lipinski definition) is 2. The molecule has 0 amide bonds. The first-order chi connectivity index (χ1) is 11.7. The highest BCUT2D eigenvalue weighted by Crippen LogP contribution is 2.13. The Kier molecular flexibility index (Phi) is 16.9. The van der Waals surface area contributed by atoms with Crippen LogP contribution in [0, 0.1) is 0 Å². The lowest BCUT2D eigenvalue weighted by Crippen LogP contribution is -2.38. The van der Waals surface area contributed by atoms with Crippen LogP contribution in [0.25, 0.3) is 0 Å². The van der Waals surface area contributed by atoms with Crippen LogP contribution in [-0.2, 0) is 0 Å². The summed E-state index contributed by atoms with van der Waals surface area (Å²) in [6, 6.07) is 0. The van der Waals surface area contributed by atoms with Crippen LogP contribution in [0.4, 0.5) is 0 Å². The van der Waals surface area contributed by atoms with Gasteiger partial charge in [-0.2, -0.15) is 0 Å². The molecule has 144 valence electrons. The fraction of sp³-hybridized carbons (Fsp3) is 0.905. The van der Waals surface area contributed by atoms with Gasteiger partial charge in [0.05, 0.1) is 0 Å². The maximum Gasteiger partial charge on any atom is 0.128 e. The van der Waals surface area contributed by atoms with E-state index >= 15 is 0 Å². The Morgan fingerprint density at radius 3 is 1.50 bits per heavy atom. The number of aliphatic hydroxyl groups is 2. The molecule has 3 heteroatoms. The summed E-state index contributed by atoms with van der Waals surface area (Å²) in [7, 11) is 0. The quantitative estimate of drug-likeness (QED) is 0.253. The number of allylic oxidation sites excluding steroid dienone is 1. The van der Waals surface area contributed by atoms with E-state index < -0.39 is 12.5 Å². The highest BCUT2D eigenvalue weighted by Gasteiger charge is 2.16. The number of rotatable bonds is 17. The van der Waals surface area contributed by atoms with Crippen molar-refractivity contribution in [1.29, 1.82) is 0 Å². The lowest BCUT2D eigenvalue weighted by atomic mass is 10.1. The summed E-state index contributed by atoms with van der Waals surface area (Å²) in [4.78, 5) is 1.67. The highest BCUT2D eigenvalue weighted by molar-refractivity contribution is 4.85. The molecule has 0 heterocycles. The van der Waals surface area contributed by atoms with Crippen molar-refractivity contribution >= 4 is 0 Å². The Balaban J connectivity index is 3.56. The Hall–Kier alpha value is -0.540. The van der Waals surface area contributed by atoms with Crippen molar-refractivity contribution in [2.45, 2.75) is 123 Å². The van der Waals surface area contributed by atoms with E-state index in [1.165, 1.54) is 70.6 Å². The smallest absolute Gasteiger partial charge is 0.128 e. The lowest BCUT2D eigenvalue weighted by Gasteiger charge is -2.30. The standard InChI is InChI=1S/C21H43NO2/c1-4-7-8-9-10-11-12-13-14-15-16-17-18-19-22(20(23)5-2)21(24)6-3/h18-21,23-24H,4-17H2,1-3H3. The molecule has 0 aliphatic heterocycles. The lowest BCUT2D eigenvalue weighted by molar-refractivity contribution is -0.0725. The van der Waals surface area contributed by atoms with Crippen LogP contribution in [0.3, 0.4) is 0 Å². The predicted molar refractivity (Wildman–Crippen MR) is 105 cm³/mol. The van der Waals surface area contributed by atoms with Crippen molar-refractivity contribution in [3.05, 3.63) is 12.3 Å². The number of aliphatic hydroxyl groups excluding tert-OH is 2. The van der Waals surface area contributed by atoms with Crippen LogP contribution in [0.1, 0.15) is 111 Å². The molecule has 0 saturated carbocycles. The molecule has 24 heavy (non-hydrogen) atoms. The van der Waals surface area contributed by atoms with Gasteiger partial charge in [0.15, 0.2) is 0 Å². The largest absolute Gasteiger partial charge is 0.374 e. The third-order valence-electron chi connectivity index (χ3n) is 4.67. The summed E-state index contributed by atoms with van der Waals surface area (Å²) in [6.07, 6.45) is 20.0. The summed E-state index contributed by atoms with van der Waals surface area (Å²) >= 11 is 0. The van der Waals surface area contributed by atoms with Crippen molar-refractivity contribution in [2.24, 2.45) is 0 Å². The zero-order valence-corrected chi connectivity index (χ0v) is 16.6. The average molecular weight is 342 g/mol. The number of unbranched alkanes of at least 4 members (excludes halogenated alkanes) is 11. The zero-order chi connectivity index (χ0) is 18.0. The van der Waals surface area contributed by atoms with Crippen LogP contribution in [0.2, 0.25) is 0 Å². The van der Waals surface area contributed by atoms with Crippen LogP contribution in [0.15, 0.2) is 12.3 Å². The van der Waals surface area contributed by atoms with Gasteiger partial charge >= 0.3 is 0 Å². The fourth-order valence-corrected chi connectivity index (χ4v) is 2.94. The van der Waals surface area contributed by atoms with Gasteiger partial charge in [-0.25, -0.2) is 0 Å². The Morgan fingerprint density at radius 2 is 1.08 bits per heavy atom. The second kappa shape index (κ2) is 17.3. The second-order valence-corrected chi connectivity index (χ2v) is 6.93. The van der Waals surface area contributed by atoms with Crippen LogP contribution in [-0.4, -0.2) is 27.6 Å². The topological polar surface area (TPSA) is 43.7 Å². The molecule has 0 aromatic rings. The van der Waals surface area contributed by atoms with Gasteiger partial charge in [0, 0.05) is 6.20 Å². The van der Waals surface area contributed by atoms with E-state index in [4.69, 9.17) is 0 Å². The third kappa shape index (κ3) is 12.8. The number of nitrogens with zero attached hydrogens (tertiary/aromatic N) is 1. The molecule has 0 aromatic heterocycles. The molecule has 2 atom stereocenters. The van der Waals surface area contributed by atoms with Crippen LogP contribution in [0.5, 0.6) is 0 Å². The molecule has 0 bridgehead atoms. The maximum absolute atomic E-state index is 9.93. The van der Waals surface area contributed by atoms with Crippen molar-refractivity contribution in [2.75, 3.05) is 0 Å². The fourth-order valence-electron chi connectivity index (χ4n) is 2.94. The molecule has 0 aliphatic rings. The van der Waals surface area contributed by atoms with Gasteiger partial charge in [-0.15, -0.1) is 0 Å². The minimum Gasteiger partial charge on any atom is -0.374 e. The molecule has 0 radical (unpaired) electrons. The summed E-state index contributed by atoms with van der Waals surface area (Å²) < 4.78 is 0. The van der Waals surface area contributed by atoms with Gasteiger partial charge in [0.2, 0.25) is 0 Å². The monoisotopic (exact) mass is 341 g/mol. The predicted octanol–water partition coefficient (Wildman–Crippen LogP) is 5.96. The maximum atomic E-state index is 9.93. The second-order valence-electron chi connectivity index (χ2n) is 6.93. The third-order valence-corrected chi connectivity index (χ3v) is 4.67. The molecule has 2 N–H and O–H groups in total. The molecule has 3 nitrogen and oxygen atoms in total. The summed E-state index contributed by atoms with van der Waals surface area (Å²) in [5, 5.41) is 19.9. The van der Waals surface area contributed by atoms with Crippen molar-refractivity contribution in [3.63, 3.8) is 0 Å². The Labute approximate surface area is 151 Å². The number of hydrogen-bond acceptors (Lipinski definition) is 3. The van der Waals surface area contributed by atoms with E-state index in [9.17, 15) is 10.2 Å². The average Bonchev–Trinajstić information content (AvgIpc) is 2.61. The summed E-state index contributed by atoms with van der Waals surface area (Å²) in [6.45, 7) is 6.12. The molecule has 0 rings (SSSR count). The van der Waals surface area contributed by atoms with Gasteiger partial charge in [-0.05, 0) is 25.7 Å². The van der Waals surface area contributed by atoms with E-state index in [0.29, 0.717) is 12.8 Å². The van der Waals surface area contributed by atoms with Crippen molar-refractivity contribution in [1.82, 2.24) is 4.90 Å². The highest BCUT2D eigenvalue weighted by atomic mass is 16.3. The van der Waals surface area contributed by atoms with Crippen LogP contribution >= 0.6 is 0 Å². The Bertz CT molecular complexity index is 271. The molecular formula is C21H43NO2. The molecule has 2 unspecified atom stereocenters. The Morgan fingerprint density at radius 1 is 0.667 bits per heavy atom. The minimum absolute atomic E-state index is 0.589. The van der Waals surface area contributed by atoms with E-state index in [1.807, 2.05) is 20.0 Å². The first kappa shape index (κ1) is 23.5. The van der Waals surface area contributed by atoms with Gasteiger partial charge in [-0.1, -0.05) is 91.1 Å². The van der Waals surface area contributed by atoms with Gasteiger partial charge < -0.3 is 15.1 Å². The van der Waals surface area contributed by atoms with Gasteiger partial charge in [0.25, 0.3) is 0 Å². The van der Waals surface area contributed by atoms with Gasteiger partial charge in [-0.3, -0.25) is 0 Å². The SMILES string of the molecule is CCCCCCCCCCCCCC=CN(C(O)CC)C(O)CC. The minimum atomic E-state index is -0.589. The van der Waals surface area contributed by atoms with Gasteiger partial charge in [0.1, 0.15) is 12.5 Å². The summed E-state index contributed by atoms with van der Waals surface area (Å²) in [5.74, 6) is 0. The summed E-state index contributed by atoms with van der Waals surface area (Å²) in [5.41, 5.74) is 0. The molecule has 0 aliphatic carbocycles. The zero-order valence-electron chi connectivity index (χ0n) is 16.6. The molecule has 0 fully saturated rings. The molecule has 0 spiro atoms. The van der Waals surface area contributed by atoms with E-state index in [1.54, 1.807) is 4.90 Å².